The number of likely N-dealkylation sites (tertiary alicyclic amines) is 1. The van der Waals surface area contributed by atoms with Gasteiger partial charge in [-0.3, -0.25) is 9.69 Å². The Kier molecular flexibility index (Phi) is 8.16. The van der Waals surface area contributed by atoms with Crippen molar-refractivity contribution in [2.75, 3.05) is 39.3 Å². The van der Waals surface area contributed by atoms with Gasteiger partial charge < -0.3 is 15.0 Å². The third-order valence-corrected chi connectivity index (χ3v) is 5.10. The topological polar surface area (TPSA) is 44.8 Å². The van der Waals surface area contributed by atoms with E-state index in [0.717, 1.165) is 45.6 Å². The van der Waals surface area contributed by atoms with E-state index < -0.39 is 0 Å². The molecule has 0 bridgehead atoms. The number of hydrogen-bond donors (Lipinski definition) is 1. The molecular formula is C19H30ClN3O2. The van der Waals surface area contributed by atoms with Crippen molar-refractivity contribution in [2.24, 2.45) is 0 Å². The summed E-state index contributed by atoms with van der Waals surface area (Å²) >= 11 is 0. The minimum Gasteiger partial charge on any atom is -0.373 e. The van der Waals surface area contributed by atoms with Gasteiger partial charge in [0.2, 0.25) is 5.91 Å². The van der Waals surface area contributed by atoms with Crippen LogP contribution in [0.2, 0.25) is 0 Å². The molecule has 2 saturated heterocycles. The Labute approximate surface area is 157 Å². The number of nitrogens with zero attached hydrogens (tertiary/aromatic N) is 2. The Bertz CT molecular complexity index is 521. The van der Waals surface area contributed by atoms with Crippen LogP contribution in [0.5, 0.6) is 0 Å². The fraction of sp³-hybridized carbons (Fsp3) is 0.632. The maximum Gasteiger partial charge on any atom is 0.236 e. The van der Waals surface area contributed by atoms with Crippen LogP contribution in [-0.2, 0) is 16.1 Å². The van der Waals surface area contributed by atoms with Crippen molar-refractivity contribution in [1.29, 1.82) is 0 Å². The zero-order chi connectivity index (χ0) is 16.8. The highest BCUT2D eigenvalue weighted by molar-refractivity contribution is 5.85. The summed E-state index contributed by atoms with van der Waals surface area (Å²) in [4.78, 5) is 16.8. The van der Waals surface area contributed by atoms with E-state index in [1.807, 2.05) is 23.1 Å². The number of hydrogen-bond acceptors (Lipinski definition) is 4. The highest BCUT2D eigenvalue weighted by Gasteiger charge is 2.26. The van der Waals surface area contributed by atoms with E-state index in [1.165, 1.54) is 5.56 Å². The summed E-state index contributed by atoms with van der Waals surface area (Å²) in [7, 11) is 0. The van der Waals surface area contributed by atoms with Crippen molar-refractivity contribution in [2.45, 2.75) is 38.5 Å². The maximum absolute atomic E-state index is 12.5. The van der Waals surface area contributed by atoms with Crippen molar-refractivity contribution in [1.82, 2.24) is 15.1 Å². The molecule has 2 heterocycles. The van der Waals surface area contributed by atoms with Gasteiger partial charge in [-0.2, -0.15) is 0 Å². The van der Waals surface area contributed by atoms with Crippen molar-refractivity contribution < 1.29 is 9.53 Å². The molecule has 25 heavy (non-hydrogen) atoms. The van der Waals surface area contributed by atoms with Gasteiger partial charge in [0.05, 0.1) is 19.3 Å². The predicted molar refractivity (Wildman–Crippen MR) is 102 cm³/mol. The number of carbonyl (C=O) groups is 1. The molecule has 1 aromatic carbocycles. The summed E-state index contributed by atoms with van der Waals surface area (Å²) in [5, 5.41) is 3.37. The number of amides is 1. The molecule has 6 heteroatoms. The third kappa shape index (κ3) is 5.96. The van der Waals surface area contributed by atoms with Crippen LogP contribution in [0.3, 0.4) is 0 Å². The van der Waals surface area contributed by atoms with Crippen LogP contribution in [0.4, 0.5) is 0 Å². The van der Waals surface area contributed by atoms with Gasteiger partial charge in [-0.15, -0.1) is 12.4 Å². The number of benzene rings is 1. The van der Waals surface area contributed by atoms with E-state index in [0.29, 0.717) is 19.2 Å². The first-order valence-electron chi connectivity index (χ1n) is 9.10. The zero-order valence-corrected chi connectivity index (χ0v) is 15.8. The summed E-state index contributed by atoms with van der Waals surface area (Å²) in [6, 6.07) is 10.7. The van der Waals surface area contributed by atoms with Crippen LogP contribution < -0.4 is 5.32 Å². The first kappa shape index (κ1) is 20.2. The average Bonchev–Trinajstić information content (AvgIpc) is 2.63. The third-order valence-electron chi connectivity index (χ3n) is 5.10. The quantitative estimate of drug-likeness (QED) is 0.863. The van der Waals surface area contributed by atoms with Crippen LogP contribution in [0.15, 0.2) is 30.3 Å². The second-order valence-corrected chi connectivity index (χ2v) is 6.90. The molecule has 0 unspecified atom stereocenters. The molecule has 2 fully saturated rings. The van der Waals surface area contributed by atoms with E-state index in [1.54, 1.807) is 0 Å². The SMILES string of the molecule is C[C@@H]1CNCCN1CC(=O)N1CCC(OCc2ccccc2)CC1.Cl. The molecule has 1 N–H and O–H groups in total. The Hall–Kier alpha value is -1.14. The first-order chi connectivity index (χ1) is 11.7. The molecule has 2 aliphatic rings. The summed E-state index contributed by atoms with van der Waals surface area (Å²) in [5.74, 6) is 0.269. The van der Waals surface area contributed by atoms with Crippen molar-refractivity contribution >= 4 is 18.3 Å². The molecule has 1 amide bonds. The average molecular weight is 368 g/mol. The van der Waals surface area contributed by atoms with Gasteiger partial charge in [-0.1, -0.05) is 30.3 Å². The fourth-order valence-corrected chi connectivity index (χ4v) is 3.45. The maximum atomic E-state index is 12.5. The molecule has 0 spiro atoms. The zero-order valence-electron chi connectivity index (χ0n) is 15.0. The number of carbonyl (C=O) groups excluding carboxylic acids is 1. The van der Waals surface area contributed by atoms with Gasteiger partial charge in [0, 0.05) is 38.8 Å². The molecule has 0 aromatic heterocycles. The summed E-state index contributed by atoms with van der Waals surface area (Å²) in [5.41, 5.74) is 1.21. The molecular weight excluding hydrogens is 338 g/mol. The van der Waals surface area contributed by atoms with Crippen LogP contribution in [0, 0.1) is 0 Å². The second-order valence-electron chi connectivity index (χ2n) is 6.90. The molecule has 140 valence electrons. The minimum absolute atomic E-state index is 0. The molecule has 0 aliphatic carbocycles. The number of rotatable bonds is 5. The number of ether oxygens (including phenoxy) is 1. The first-order valence-corrected chi connectivity index (χ1v) is 9.10. The van der Waals surface area contributed by atoms with Crippen LogP contribution in [-0.4, -0.2) is 67.1 Å². The molecule has 1 atom stereocenters. The van der Waals surface area contributed by atoms with E-state index in [-0.39, 0.29) is 24.4 Å². The standard InChI is InChI=1S/C19H29N3O2.ClH/c1-16-13-20-9-12-22(16)14-19(23)21-10-7-18(8-11-21)24-15-17-5-3-2-4-6-17;/h2-6,16,18,20H,7-15H2,1H3;1H/t16-;/m1./s1. The molecule has 2 aliphatic heterocycles. The summed E-state index contributed by atoms with van der Waals surface area (Å²) in [6.07, 6.45) is 2.15. The lowest BCUT2D eigenvalue weighted by Gasteiger charge is -2.37. The van der Waals surface area contributed by atoms with E-state index in [9.17, 15) is 4.79 Å². The minimum atomic E-state index is 0. The summed E-state index contributed by atoms with van der Waals surface area (Å²) < 4.78 is 6.01. The Morgan fingerprint density at radius 1 is 1.20 bits per heavy atom. The largest absolute Gasteiger partial charge is 0.373 e. The lowest BCUT2D eigenvalue weighted by atomic mass is 10.1. The van der Waals surface area contributed by atoms with Crippen molar-refractivity contribution in [3.63, 3.8) is 0 Å². The number of nitrogens with one attached hydrogen (secondary N) is 1. The monoisotopic (exact) mass is 367 g/mol. The predicted octanol–water partition coefficient (Wildman–Crippen LogP) is 1.91. The van der Waals surface area contributed by atoms with E-state index in [2.05, 4.69) is 29.3 Å². The van der Waals surface area contributed by atoms with E-state index >= 15 is 0 Å². The van der Waals surface area contributed by atoms with Crippen LogP contribution in [0.25, 0.3) is 0 Å². The number of piperazine rings is 1. The van der Waals surface area contributed by atoms with Gasteiger partial charge in [-0.25, -0.2) is 0 Å². The summed E-state index contributed by atoms with van der Waals surface area (Å²) in [6.45, 7) is 7.95. The molecule has 1 aromatic rings. The molecule has 0 saturated carbocycles. The fourth-order valence-electron chi connectivity index (χ4n) is 3.45. The Morgan fingerprint density at radius 2 is 1.92 bits per heavy atom. The smallest absolute Gasteiger partial charge is 0.236 e. The van der Waals surface area contributed by atoms with Crippen molar-refractivity contribution in [3.8, 4) is 0 Å². The lowest BCUT2D eigenvalue weighted by Crippen LogP contribution is -2.54. The molecule has 5 nitrogen and oxygen atoms in total. The van der Waals surface area contributed by atoms with E-state index in [4.69, 9.17) is 4.74 Å². The lowest BCUT2D eigenvalue weighted by molar-refractivity contribution is -0.136. The van der Waals surface area contributed by atoms with Gasteiger partial charge in [0.1, 0.15) is 0 Å². The van der Waals surface area contributed by atoms with Gasteiger partial charge in [0.15, 0.2) is 0 Å². The highest BCUT2D eigenvalue weighted by atomic mass is 35.5. The number of piperidine rings is 1. The van der Waals surface area contributed by atoms with Gasteiger partial charge in [-0.05, 0) is 25.3 Å². The second kappa shape index (κ2) is 10.1. The Balaban J connectivity index is 0.00000225. The van der Waals surface area contributed by atoms with Gasteiger partial charge in [0.25, 0.3) is 0 Å². The van der Waals surface area contributed by atoms with Crippen LogP contribution >= 0.6 is 12.4 Å². The Morgan fingerprint density at radius 3 is 2.60 bits per heavy atom. The number of halogens is 1. The highest BCUT2D eigenvalue weighted by Crippen LogP contribution is 2.16. The van der Waals surface area contributed by atoms with Crippen molar-refractivity contribution in [3.05, 3.63) is 35.9 Å². The molecule has 3 rings (SSSR count). The van der Waals surface area contributed by atoms with Crippen LogP contribution in [0.1, 0.15) is 25.3 Å². The van der Waals surface area contributed by atoms with Gasteiger partial charge >= 0.3 is 0 Å². The molecule has 0 radical (unpaired) electrons. The normalized spacial score (nSPS) is 22.4.